The number of cyclic esters (lactones) is 1. The summed E-state index contributed by atoms with van der Waals surface area (Å²) in [7, 11) is 0. The van der Waals surface area contributed by atoms with Crippen LogP contribution < -0.4 is 0 Å². The first-order valence-electron chi connectivity index (χ1n) is 7.84. The Labute approximate surface area is 169 Å². The van der Waals surface area contributed by atoms with Crippen molar-refractivity contribution in [1.29, 1.82) is 0 Å². The summed E-state index contributed by atoms with van der Waals surface area (Å²) in [6, 6.07) is 15.7. The van der Waals surface area contributed by atoms with E-state index in [1.165, 1.54) is 6.08 Å². The van der Waals surface area contributed by atoms with Gasteiger partial charge < -0.3 is 9.15 Å². The lowest BCUT2D eigenvalue weighted by atomic mass is 10.2. The predicted molar refractivity (Wildman–Crippen MR) is 106 cm³/mol. The molecule has 4 rings (SSSR count). The first-order valence-corrected chi connectivity index (χ1v) is 8.97. The van der Waals surface area contributed by atoms with E-state index in [1.54, 1.807) is 36.4 Å². The molecule has 0 N–H and O–H groups in total. The zero-order valence-electron chi connectivity index (χ0n) is 13.6. The van der Waals surface area contributed by atoms with Gasteiger partial charge in [-0.2, -0.15) is 0 Å². The number of carbonyl (C=O) groups excluding carboxylic acids is 1. The van der Waals surface area contributed by atoms with E-state index in [4.69, 9.17) is 44.0 Å². The molecule has 134 valence electrons. The number of benzene rings is 2. The van der Waals surface area contributed by atoms with Gasteiger partial charge in [0.05, 0.1) is 15.1 Å². The molecule has 0 bridgehead atoms. The molecule has 0 radical (unpaired) electrons. The summed E-state index contributed by atoms with van der Waals surface area (Å²) in [5, 5.41) is 1.33. The van der Waals surface area contributed by atoms with Crippen LogP contribution in [0.25, 0.3) is 17.4 Å². The minimum absolute atomic E-state index is 0.121. The Morgan fingerprint density at radius 3 is 2.48 bits per heavy atom. The molecule has 0 fully saturated rings. The highest BCUT2D eigenvalue weighted by Crippen LogP contribution is 2.30. The summed E-state index contributed by atoms with van der Waals surface area (Å²) < 4.78 is 11.0. The Hall–Kier alpha value is -2.53. The van der Waals surface area contributed by atoms with Crippen molar-refractivity contribution in [3.8, 4) is 11.3 Å². The molecule has 1 aliphatic rings. The van der Waals surface area contributed by atoms with Crippen LogP contribution in [0.15, 0.2) is 69.7 Å². The summed E-state index contributed by atoms with van der Waals surface area (Å²) >= 11 is 18.1. The molecule has 0 atom stereocenters. The van der Waals surface area contributed by atoms with Gasteiger partial charge in [0.1, 0.15) is 11.5 Å². The molecule has 0 spiro atoms. The Balaban J connectivity index is 1.64. The SMILES string of the molecule is O=C1OC(c2ccc(Cl)c(Cl)c2)=N/C1=C\c1ccc(-c2ccccc2Cl)o1. The molecule has 4 nitrogen and oxygen atoms in total. The van der Waals surface area contributed by atoms with Crippen LogP contribution in [0.3, 0.4) is 0 Å². The maximum atomic E-state index is 12.1. The van der Waals surface area contributed by atoms with Gasteiger partial charge in [-0.3, -0.25) is 0 Å². The molecule has 0 amide bonds. The molecule has 0 saturated carbocycles. The van der Waals surface area contributed by atoms with Crippen LogP contribution in [0.5, 0.6) is 0 Å². The van der Waals surface area contributed by atoms with E-state index >= 15 is 0 Å². The van der Waals surface area contributed by atoms with E-state index < -0.39 is 5.97 Å². The number of ether oxygens (including phenoxy) is 1. The van der Waals surface area contributed by atoms with Gasteiger partial charge in [-0.1, -0.05) is 46.9 Å². The maximum Gasteiger partial charge on any atom is 0.363 e. The second kappa shape index (κ2) is 7.24. The van der Waals surface area contributed by atoms with Crippen molar-refractivity contribution in [1.82, 2.24) is 0 Å². The number of aliphatic imine (C=N–C) groups is 1. The smallest absolute Gasteiger partial charge is 0.363 e. The minimum Gasteiger partial charge on any atom is -0.457 e. The zero-order valence-corrected chi connectivity index (χ0v) is 15.8. The molecule has 2 aromatic carbocycles. The first-order chi connectivity index (χ1) is 13.0. The fourth-order valence-corrected chi connectivity index (χ4v) is 3.06. The summed E-state index contributed by atoms with van der Waals surface area (Å²) in [5.41, 5.74) is 1.44. The van der Waals surface area contributed by atoms with E-state index in [1.807, 2.05) is 18.2 Å². The molecule has 2 heterocycles. The number of furan rings is 1. The summed E-state index contributed by atoms with van der Waals surface area (Å²) in [6.45, 7) is 0. The second-order valence-corrected chi connectivity index (χ2v) is 6.87. The lowest BCUT2D eigenvalue weighted by Crippen LogP contribution is -2.05. The largest absolute Gasteiger partial charge is 0.457 e. The van der Waals surface area contributed by atoms with E-state index in [9.17, 15) is 4.79 Å². The highest BCUT2D eigenvalue weighted by molar-refractivity contribution is 6.42. The average Bonchev–Trinajstić information content (AvgIpc) is 3.25. The minimum atomic E-state index is -0.577. The Morgan fingerprint density at radius 1 is 0.889 bits per heavy atom. The molecule has 0 saturated heterocycles. The van der Waals surface area contributed by atoms with Crippen molar-refractivity contribution in [3.63, 3.8) is 0 Å². The van der Waals surface area contributed by atoms with Gasteiger partial charge in [0, 0.05) is 17.2 Å². The van der Waals surface area contributed by atoms with Crippen molar-refractivity contribution in [2.75, 3.05) is 0 Å². The third-order valence-electron chi connectivity index (χ3n) is 3.83. The van der Waals surface area contributed by atoms with Crippen molar-refractivity contribution in [2.24, 2.45) is 4.99 Å². The number of esters is 1. The Bertz CT molecular complexity index is 1120. The Morgan fingerprint density at radius 2 is 1.70 bits per heavy atom. The lowest BCUT2D eigenvalue weighted by molar-refractivity contribution is -0.129. The van der Waals surface area contributed by atoms with Crippen molar-refractivity contribution in [3.05, 3.63) is 86.7 Å². The fourth-order valence-electron chi connectivity index (χ4n) is 2.53. The van der Waals surface area contributed by atoms with Gasteiger partial charge in [0.2, 0.25) is 5.90 Å². The summed E-state index contributed by atoms with van der Waals surface area (Å²) in [5.74, 6) is 0.623. The average molecular weight is 419 g/mol. The van der Waals surface area contributed by atoms with Gasteiger partial charge >= 0.3 is 5.97 Å². The summed E-state index contributed by atoms with van der Waals surface area (Å²) in [6.07, 6.45) is 1.51. The molecule has 0 unspecified atom stereocenters. The normalized spacial score (nSPS) is 15.1. The quantitative estimate of drug-likeness (QED) is 0.373. The standard InChI is InChI=1S/C20H10Cl3NO3/c21-14-4-2-1-3-13(14)18-8-6-12(26-18)10-17-20(25)27-19(24-17)11-5-7-15(22)16(23)9-11/h1-10H/b17-10-. The number of rotatable bonds is 3. The van der Waals surface area contributed by atoms with Crippen LogP contribution in [0.4, 0.5) is 0 Å². The van der Waals surface area contributed by atoms with Gasteiger partial charge in [-0.05, 0) is 42.5 Å². The van der Waals surface area contributed by atoms with E-state index in [-0.39, 0.29) is 11.6 Å². The maximum absolute atomic E-state index is 12.1. The third-order valence-corrected chi connectivity index (χ3v) is 4.90. The van der Waals surface area contributed by atoms with Crippen LogP contribution in [0.2, 0.25) is 15.1 Å². The van der Waals surface area contributed by atoms with Crippen LogP contribution in [0, 0.1) is 0 Å². The molecule has 1 aliphatic heterocycles. The van der Waals surface area contributed by atoms with E-state index in [0.717, 1.165) is 5.56 Å². The highest BCUT2D eigenvalue weighted by atomic mass is 35.5. The second-order valence-electron chi connectivity index (χ2n) is 5.65. The third kappa shape index (κ3) is 3.65. The van der Waals surface area contributed by atoms with Crippen LogP contribution in [0.1, 0.15) is 11.3 Å². The molecule has 3 aromatic rings. The van der Waals surface area contributed by atoms with Crippen molar-refractivity contribution >= 4 is 52.7 Å². The van der Waals surface area contributed by atoms with Crippen molar-refractivity contribution in [2.45, 2.75) is 0 Å². The Kier molecular flexibility index (Phi) is 4.79. The molecule has 27 heavy (non-hydrogen) atoms. The predicted octanol–water partition coefficient (Wildman–Crippen LogP) is 6.25. The van der Waals surface area contributed by atoms with E-state index in [2.05, 4.69) is 4.99 Å². The molecular formula is C20H10Cl3NO3. The molecule has 1 aromatic heterocycles. The number of hydrogen-bond donors (Lipinski definition) is 0. The van der Waals surface area contributed by atoms with Gasteiger partial charge in [-0.25, -0.2) is 9.79 Å². The van der Waals surface area contributed by atoms with E-state index in [0.29, 0.717) is 32.2 Å². The van der Waals surface area contributed by atoms with Gasteiger partial charge in [0.15, 0.2) is 5.70 Å². The molecule has 0 aliphatic carbocycles. The highest BCUT2D eigenvalue weighted by Gasteiger charge is 2.25. The summed E-state index contributed by atoms with van der Waals surface area (Å²) in [4.78, 5) is 16.3. The van der Waals surface area contributed by atoms with Gasteiger partial charge in [0.25, 0.3) is 0 Å². The van der Waals surface area contributed by atoms with Crippen LogP contribution >= 0.6 is 34.8 Å². The number of halogens is 3. The van der Waals surface area contributed by atoms with Crippen LogP contribution in [-0.2, 0) is 9.53 Å². The monoisotopic (exact) mass is 417 g/mol. The molecular weight excluding hydrogens is 409 g/mol. The molecule has 7 heteroatoms. The lowest BCUT2D eigenvalue weighted by Gasteiger charge is -2.01. The first kappa shape index (κ1) is 17.9. The van der Waals surface area contributed by atoms with Gasteiger partial charge in [-0.15, -0.1) is 0 Å². The van der Waals surface area contributed by atoms with Crippen molar-refractivity contribution < 1.29 is 13.9 Å². The zero-order chi connectivity index (χ0) is 19.0. The number of hydrogen-bond acceptors (Lipinski definition) is 4. The number of nitrogens with zero attached hydrogens (tertiary/aromatic N) is 1. The topological polar surface area (TPSA) is 51.8 Å². The number of carbonyl (C=O) groups is 1. The van der Waals surface area contributed by atoms with Crippen LogP contribution in [-0.4, -0.2) is 11.9 Å². The fraction of sp³-hybridized carbons (Fsp3) is 0.